The average molecular weight is 231 g/mol. The van der Waals surface area contributed by atoms with Crippen LogP contribution in [0, 0.1) is 6.92 Å². The van der Waals surface area contributed by atoms with Gasteiger partial charge in [-0.25, -0.2) is 9.48 Å². The first-order valence-corrected chi connectivity index (χ1v) is 5.38. The lowest BCUT2D eigenvalue weighted by atomic mass is 10.0. The smallest absolute Gasteiger partial charge is 0.356 e. The predicted octanol–water partition coefficient (Wildman–Crippen LogP) is 1.97. The molecule has 1 aromatic carbocycles. The van der Waals surface area contributed by atoms with Crippen LogP contribution in [0.2, 0.25) is 0 Å². The average Bonchev–Trinajstić information content (AvgIpc) is 2.73. The molecule has 1 N–H and O–H groups in total. The second-order valence-electron chi connectivity index (χ2n) is 3.72. The summed E-state index contributed by atoms with van der Waals surface area (Å²) in [5.74, 6) is -1.00. The lowest BCUT2D eigenvalue weighted by Gasteiger charge is -2.03. The van der Waals surface area contributed by atoms with Crippen molar-refractivity contribution in [1.82, 2.24) is 15.0 Å². The van der Waals surface area contributed by atoms with Crippen molar-refractivity contribution in [2.24, 2.45) is 0 Å². The maximum absolute atomic E-state index is 11.2. The number of carboxylic acid groups (broad SMARTS) is 1. The molecule has 0 amide bonds. The molecular formula is C12H13N3O2. The second-order valence-corrected chi connectivity index (χ2v) is 3.72. The maximum atomic E-state index is 11.2. The minimum atomic E-state index is -1.00. The van der Waals surface area contributed by atoms with Crippen molar-refractivity contribution in [3.63, 3.8) is 0 Å². The Balaban J connectivity index is 2.64. The molecule has 0 bridgehead atoms. The van der Waals surface area contributed by atoms with Crippen LogP contribution < -0.4 is 0 Å². The molecule has 0 saturated carbocycles. The number of carbonyl (C=O) groups is 1. The van der Waals surface area contributed by atoms with Gasteiger partial charge >= 0.3 is 5.97 Å². The van der Waals surface area contributed by atoms with Crippen molar-refractivity contribution in [3.05, 3.63) is 35.5 Å². The van der Waals surface area contributed by atoms with E-state index >= 15 is 0 Å². The van der Waals surface area contributed by atoms with E-state index in [2.05, 4.69) is 10.3 Å². The number of nitrogens with zero attached hydrogens (tertiary/aromatic N) is 3. The molecule has 17 heavy (non-hydrogen) atoms. The molecule has 0 atom stereocenters. The normalized spacial score (nSPS) is 10.5. The summed E-state index contributed by atoms with van der Waals surface area (Å²) < 4.78 is 1.39. The summed E-state index contributed by atoms with van der Waals surface area (Å²) in [5.41, 5.74) is 2.36. The Morgan fingerprint density at radius 1 is 1.41 bits per heavy atom. The summed E-state index contributed by atoms with van der Waals surface area (Å²) >= 11 is 0. The van der Waals surface area contributed by atoms with E-state index in [1.54, 1.807) is 0 Å². The van der Waals surface area contributed by atoms with Crippen LogP contribution in [0.3, 0.4) is 0 Å². The number of aromatic nitrogens is 3. The Hall–Kier alpha value is -2.17. The third-order valence-corrected chi connectivity index (χ3v) is 2.64. The molecule has 0 saturated heterocycles. The molecule has 2 rings (SSSR count). The van der Waals surface area contributed by atoms with Crippen molar-refractivity contribution in [1.29, 1.82) is 0 Å². The summed E-state index contributed by atoms with van der Waals surface area (Å²) in [6, 6.07) is 7.54. The molecule has 0 fully saturated rings. The van der Waals surface area contributed by atoms with Crippen LogP contribution in [-0.2, 0) is 6.54 Å². The molecule has 1 heterocycles. The summed E-state index contributed by atoms with van der Waals surface area (Å²) in [6.07, 6.45) is 0. The first kappa shape index (κ1) is 11.3. The van der Waals surface area contributed by atoms with Crippen molar-refractivity contribution in [2.45, 2.75) is 20.4 Å². The monoisotopic (exact) mass is 231 g/mol. The lowest BCUT2D eigenvalue weighted by molar-refractivity contribution is 0.0684. The molecule has 0 unspecified atom stereocenters. The van der Waals surface area contributed by atoms with Crippen molar-refractivity contribution < 1.29 is 9.90 Å². The fraction of sp³-hybridized carbons (Fsp3) is 0.250. The quantitative estimate of drug-likeness (QED) is 0.876. The standard InChI is InChI=1S/C12H13N3O2/c1-3-15-11(12(16)17)10(13-14-15)9-7-5-4-6-8(9)2/h4-7H,3H2,1-2H3,(H,16,17). The molecule has 0 aliphatic heterocycles. The zero-order valence-corrected chi connectivity index (χ0v) is 9.71. The van der Waals surface area contributed by atoms with Gasteiger partial charge in [0.1, 0.15) is 5.69 Å². The van der Waals surface area contributed by atoms with E-state index in [9.17, 15) is 9.90 Å². The highest BCUT2D eigenvalue weighted by Gasteiger charge is 2.20. The largest absolute Gasteiger partial charge is 0.476 e. The maximum Gasteiger partial charge on any atom is 0.356 e. The molecule has 88 valence electrons. The fourth-order valence-electron chi connectivity index (χ4n) is 1.77. The van der Waals surface area contributed by atoms with Crippen LogP contribution in [-0.4, -0.2) is 26.1 Å². The van der Waals surface area contributed by atoms with Crippen LogP contribution >= 0.6 is 0 Å². The summed E-state index contributed by atoms with van der Waals surface area (Å²) in [6.45, 7) is 4.25. The number of rotatable bonds is 3. The topological polar surface area (TPSA) is 68.0 Å². The van der Waals surface area contributed by atoms with Gasteiger partial charge in [-0.05, 0) is 19.4 Å². The van der Waals surface area contributed by atoms with Crippen molar-refractivity contribution in [3.8, 4) is 11.3 Å². The Bertz CT molecular complexity index is 561. The highest BCUT2D eigenvalue weighted by atomic mass is 16.4. The van der Waals surface area contributed by atoms with Crippen LogP contribution in [0.15, 0.2) is 24.3 Å². The minimum absolute atomic E-state index is 0.141. The Morgan fingerprint density at radius 3 is 2.71 bits per heavy atom. The predicted molar refractivity (Wildman–Crippen MR) is 62.8 cm³/mol. The van der Waals surface area contributed by atoms with Crippen molar-refractivity contribution >= 4 is 5.97 Å². The molecule has 0 radical (unpaired) electrons. The van der Waals surface area contributed by atoms with Gasteiger partial charge in [0, 0.05) is 12.1 Å². The van der Waals surface area contributed by atoms with Gasteiger partial charge in [-0.2, -0.15) is 0 Å². The number of aryl methyl sites for hydroxylation is 2. The number of carboxylic acids is 1. The van der Waals surface area contributed by atoms with Gasteiger partial charge in [0.2, 0.25) is 0 Å². The van der Waals surface area contributed by atoms with Gasteiger partial charge in [-0.15, -0.1) is 5.10 Å². The Morgan fingerprint density at radius 2 is 2.12 bits per heavy atom. The van der Waals surface area contributed by atoms with E-state index in [1.165, 1.54) is 4.68 Å². The third-order valence-electron chi connectivity index (χ3n) is 2.64. The highest BCUT2D eigenvalue weighted by molar-refractivity contribution is 5.93. The first-order valence-electron chi connectivity index (χ1n) is 5.38. The molecule has 0 aliphatic carbocycles. The van der Waals surface area contributed by atoms with Crippen molar-refractivity contribution in [2.75, 3.05) is 0 Å². The Labute approximate surface area is 98.7 Å². The first-order chi connectivity index (χ1) is 8.15. The van der Waals surface area contributed by atoms with Crippen LogP contribution in [0.5, 0.6) is 0 Å². The molecule has 5 heteroatoms. The van der Waals surface area contributed by atoms with Gasteiger partial charge in [-0.3, -0.25) is 0 Å². The van der Waals surface area contributed by atoms with E-state index in [-0.39, 0.29) is 5.69 Å². The lowest BCUT2D eigenvalue weighted by Crippen LogP contribution is -2.09. The van der Waals surface area contributed by atoms with Crippen LogP contribution in [0.1, 0.15) is 23.0 Å². The molecule has 0 aliphatic rings. The van der Waals surface area contributed by atoms with Gasteiger partial charge < -0.3 is 5.11 Å². The third kappa shape index (κ3) is 1.91. The zero-order chi connectivity index (χ0) is 12.4. The molecule has 2 aromatic rings. The zero-order valence-electron chi connectivity index (χ0n) is 9.71. The molecule has 1 aromatic heterocycles. The van der Waals surface area contributed by atoms with E-state index in [0.29, 0.717) is 12.2 Å². The van der Waals surface area contributed by atoms with Crippen LogP contribution in [0.4, 0.5) is 0 Å². The van der Waals surface area contributed by atoms with E-state index in [1.807, 2.05) is 38.1 Å². The number of hydrogen-bond donors (Lipinski definition) is 1. The summed E-state index contributed by atoms with van der Waals surface area (Å²) in [5, 5.41) is 17.0. The van der Waals surface area contributed by atoms with Gasteiger partial charge in [-0.1, -0.05) is 29.5 Å². The molecule has 5 nitrogen and oxygen atoms in total. The SMILES string of the molecule is CCn1nnc(-c2ccccc2C)c1C(=O)O. The number of aromatic carboxylic acids is 1. The Kier molecular flexibility index (Phi) is 2.91. The fourth-order valence-corrected chi connectivity index (χ4v) is 1.77. The highest BCUT2D eigenvalue weighted by Crippen LogP contribution is 2.24. The second kappa shape index (κ2) is 4.37. The molecule has 0 spiro atoms. The van der Waals surface area contributed by atoms with E-state index in [0.717, 1.165) is 11.1 Å². The molecular weight excluding hydrogens is 218 g/mol. The van der Waals surface area contributed by atoms with Gasteiger partial charge in [0.15, 0.2) is 5.69 Å². The summed E-state index contributed by atoms with van der Waals surface area (Å²) in [4.78, 5) is 11.2. The van der Waals surface area contributed by atoms with Gasteiger partial charge in [0.05, 0.1) is 0 Å². The summed E-state index contributed by atoms with van der Waals surface area (Å²) in [7, 11) is 0. The van der Waals surface area contributed by atoms with E-state index in [4.69, 9.17) is 0 Å². The van der Waals surface area contributed by atoms with E-state index < -0.39 is 5.97 Å². The van der Waals surface area contributed by atoms with Gasteiger partial charge in [0.25, 0.3) is 0 Å². The number of benzene rings is 1. The van der Waals surface area contributed by atoms with Crippen LogP contribution in [0.25, 0.3) is 11.3 Å². The number of hydrogen-bond acceptors (Lipinski definition) is 3. The minimum Gasteiger partial charge on any atom is -0.476 e.